The summed E-state index contributed by atoms with van der Waals surface area (Å²) in [6.07, 6.45) is 3.76. The van der Waals surface area contributed by atoms with Crippen LogP contribution in [0.1, 0.15) is 38.3 Å². The lowest BCUT2D eigenvalue weighted by Gasteiger charge is -2.23. The van der Waals surface area contributed by atoms with Crippen molar-refractivity contribution in [3.63, 3.8) is 0 Å². The molecule has 2 aromatic heterocycles. The SMILES string of the molecule is CCC(C)(C#N)c1cc(-c2ccnc3[nH]ncc23)cc(C(C)(F)F)c1. The van der Waals surface area contributed by atoms with Crippen LogP contribution in [0.25, 0.3) is 22.2 Å². The lowest BCUT2D eigenvalue weighted by molar-refractivity contribution is 0.0174. The molecule has 4 nitrogen and oxygen atoms in total. The minimum atomic E-state index is -3.00. The van der Waals surface area contributed by atoms with E-state index in [1.54, 1.807) is 25.4 Å². The Labute approximate surface area is 144 Å². The number of nitrogens with zero attached hydrogens (tertiary/aromatic N) is 3. The van der Waals surface area contributed by atoms with Gasteiger partial charge in [0.15, 0.2) is 5.65 Å². The first-order valence-electron chi connectivity index (χ1n) is 8.02. The quantitative estimate of drug-likeness (QED) is 0.732. The monoisotopic (exact) mass is 340 g/mol. The van der Waals surface area contributed by atoms with Crippen molar-refractivity contribution in [1.29, 1.82) is 5.26 Å². The van der Waals surface area contributed by atoms with E-state index in [0.29, 0.717) is 23.2 Å². The van der Waals surface area contributed by atoms with Crippen molar-refractivity contribution in [3.8, 4) is 17.2 Å². The highest BCUT2D eigenvalue weighted by Crippen LogP contribution is 2.38. The van der Waals surface area contributed by atoms with Gasteiger partial charge in [-0.3, -0.25) is 5.10 Å². The van der Waals surface area contributed by atoms with Gasteiger partial charge in [-0.25, -0.2) is 13.8 Å². The summed E-state index contributed by atoms with van der Waals surface area (Å²) in [4.78, 5) is 4.18. The number of pyridine rings is 1. The second-order valence-corrected chi connectivity index (χ2v) is 6.48. The molecular formula is C19H18F2N4. The maximum absolute atomic E-state index is 14.1. The summed E-state index contributed by atoms with van der Waals surface area (Å²) in [5.41, 5.74) is 1.60. The maximum Gasteiger partial charge on any atom is 0.270 e. The smallest absolute Gasteiger partial charge is 0.261 e. The minimum Gasteiger partial charge on any atom is -0.261 e. The van der Waals surface area contributed by atoms with Crippen molar-refractivity contribution in [2.45, 2.75) is 38.5 Å². The molecule has 0 aliphatic carbocycles. The van der Waals surface area contributed by atoms with E-state index in [2.05, 4.69) is 21.3 Å². The lowest BCUT2D eigenvalue weighted by Crippen LogP contribution is -2.20. The summed E-state index contributed by atoms with van der Waals surface area (Å²) >= 11 is 0. The Bertz CT molecular complexity index is 965. The summed E-state index contributed by atoms with van der Waals surface area (Å²) < 4.78 is 28.1. The molecule has 2 heterocycles. The van der Waals surface area contributed by atoms with Crippen LogP contribution in [0.4, 0.5) is 8.78 Å². The third-order valence-corrected chi connectivity index (χ3v) is 4.70. The molecule has 0 fully saturated rings. The molecule has 0 radical (unpaired) electrons. The fourth-order valence-electron chi connectivity index (χ4n) is 2.81. The van der Waals surface area contributed by atoms with Crippen LogP contribution in [0.5, 0.6) is 0 Å². The van der Waals surface area contributed by atoms with E-state index in [1.165, 1.54) is 12.1 Å². The van der Waals surface area contributed by atoms with Crippen LogP contribution >= 0.6 is 0 Å². The Hall–Kier alpha value is -2.81. The Balaban J connectivity index is 2.30. The number of hydrogen-bond acceptors (Lipinski definition) is 3. The number of hydrogen-bond donors (Lipinski definition) is 1. The van der Waals surface area contributed by atoms with Gasteiger partial charge in [0, 0.05) is 24.1 Å². The Morgan fingerprint density at radius 1 is 1.20 bits per heavy atom. The average Bonchev–Trinajstić information content (AvgIpc) is 3.08. The van der Waals surface area contributed by atoms with E-state index in [0.717, 1.165) is 17.9 Å². The topological polar surface area (TPSA) is 65.4 Å². The van der Waals surface area contributed by atoms with Gasteiger partial charge in [0.2, 0.25) is 0 Å². The van der Waals surface area contributed by atoms with Gasteiger partial charge in [-0.05, 0) is 54.3 Å². The fourth-order valence-corrected chi connectivity index (χ4v) is 2.81. The molecule has 0 aliphatic rings. The van der Waals surface area contributed by atoms with Gasteiger partial charge in [0.25, 0.3) is 5.92 Å². The fraction of sp³-hybridized carbons (Fsp3) is 0.316. The van der Waals surface area contributed by atoms with Crippen LogP contribution in [0.3, 0.4) is 0 Å². The number of aromatic amines is 1. The first kappa shape index (κ1) is 17.0. The largest absolute Gasteiger partial charge is 0.270 e. The van der Waals surface area contributed by atoms with E-state index >= 15 is 0 Å². The third kappa shape index (κ3) is 2.98. The molecule has 6 heteroatoms. The second kappa shape index (κ2) is 5.92. The van der Waals surface area contributed by atoms with Crippen LogP contribution in [0.15, 0.2) is 36.7 Å². The van der Waals surface area contributed by atoms with Crippen molar-refractivity contribution in [2.24, 2.45) is 0 Å². The number of rotatable bonds is 4. The third-order valence-electron chi connectivity index (χ3n) is 4.70. The predicted molar refractivity (Wildman–Crippen MR) is 92.1 cm³/mol. The molecular weight excluding hydrogens is 322 g/mol. The molecule has 0 saturated heterocycles. The predicted octanol–water partition coefficient (Wildman–Crippen LogP) is 4.93. The van der Waals surface area contributed by atoms with Crippen LogP contribution in [-0.2, 0) is 11.3 Å². The zero-order valence-electron chi connectivity index (χ0n) is 14.3. The van der Waals surface area contributed by atoms with E-state index in [-0.39, 0.29) is 5.56 Å². The average molecular weight is 340 g/mol. The number of nitrogens with one attached hydrogen (secondary N) is 1. The molecule has 0 spiro atoms. The number of fused-ring (bicyclic) bond motifs is 1. The van der Waals surface area contributed by atoms with Gasteiger partial charge in [-0.2, -0.15) is 10.4 Å². The first-order valence-corrected chi connectivity index (χ1v) is 8.02. The number of H-pyrrole nitrogens is 1. The molecule has 1 aromatic carbocycles. The second-order valence-electron chi connectivity index (χ2n) is 6.48. The van der Waals surface area contributed by atoms with E-state index < -0.39 is 11.3 Å². The van der Waals surface area contributed by atoms with Crippen molar-refractivity contribution in [1.82, 2.24) is 15.2 Å². The van der Waals surface area contributed by atoms with E-state index in [1.807, 2.05) is 13.0 Å². The molecule has 0 bridgehead atoms. The number of aromatic nitrogens is 3. The normalized spacial score (nSPS) is 14.2. The van der Waals surface area contributed by atoms with Crippen LogP contribution in [-0.4, -0.2) is 15.2 Å². The lowest BCUT2D eigenvalue weighted by atomic mass is 9.79. The molecule has 128 valence electrons. The molecule has 3 rings (SSSR count). The zero-order chi connectivity index (χ0) is 18.2. The van der Waals surface area contributed by atoms with Crippen LogP contribution < -0.4 is 0 Å². The molecule has 1 unspecified atom stereocenters. The molecule has 0 aliphatic heterocycles. The van der Waals surface area contributed by atoms with Gasteiger partial charge in [0.05, 0.1) is 17.7 Å². The van der Waals surface area contributed by atoms with Gasteiger partial charge in [-0.1, -0.05) is 6.92 Å². The Morgan fingerprint density at radius 3 is 2.56 bits per heavy atom. The van der Waals surface area contributed by atoms with Crippen molar-refractivity contribution >= 4 is 11.0 Å². The van der Waals surface area contributed by atoms with E-state index in [9.17, 15) is 14.0 Å². The summed E-state index contributed by atoms with van der Waals surface area (Å²) in [6, 6.07) is 8.74. The van der Waals surface area contributed by atoms with E-state index in [4.69, 9.17) is 0 Å². The minimum absolute atomic E-state index is 0.108. The Kier molecular flexibility index (Phi) is 4.03. The van der Waals surface area contributed by atoms with Crippen molar-refractivity contribution in [3.05, 3.63) is 47.8 Å². The Morgan fingerprint density at radius 2 is 1.92 bits per heavy atom. The van der Waals surface area contributed by atoms with Gasteiger partial charge >= 0.3 is 0 Å². The van der Waals surface area contributed by atoms with Crippen molar-refractivity contribution < 1.29 is 8.78 Å². The summed E-state index contributed by atoms with van der Waals surface area (Å²) in [6.45, 7) is 4.51. The number of benzene rings is 1. The zero-order valence-corrected chi connectivity index (χ0v) is 14.3. The molecule has 3 aromatic rings. The number of halogens is 2. The van der Waals surface area contributed by atoms with Crippen LogP contribution in [0, 0.1) is 11.3 Å². The summed E-state index contributed by atoms with van der Waals surface area (Å²) in [7, 11) is 0. The maximum atomic E-state index is 14.1. The first-order chi connectivity index (χ1) is 11.8. The summed E-state index contributed by atoms with van der Waals surface area (Å²) in [5, 5.41) is 17.1. The molecule has 0 saturated carbocycles. The molecule has 1 N–H and O–H groups in total. The highest BCUT2D eigenvalue weighted by atomic mass is 19.3. The molecule has 1 atom stereocenters. The highest BCUT2D eigenvalue weighted by Gasteiger charge is 2.30. The number of alkyl halides is 2. The van der Waals surface area contributed by atoms with Gasteiger partial charge in [0.1, 0.15) is 0 Å². The van der Waals surface area contributed by atoms with Crippen LogP contribution in [0.2, 0.25) is 0 Å². The molecule has 25 heavy (non-hydrogen) atoms. The number of nitriles is 1. The standard InChI is InChI=1S/C19H18F2N4/c1-4-18(2,11-22)13-7-12(8-14(9-13)19(3,20)21)15-5-6-23-17-16(15)10-24-25-17/h5-10H,4H2,1-3H3,(H,23,24,25). The van der Waals surface area contributed by atoms with Gasteiger partial charge in [-0.15, -0.1) is 0 Å². The van der Waals surface area contributed by atoms with Crippen molar-refractivity contribution in [2.75, 3.05) is 0 Å². The molecule has 0 amide bonds. The van der Waals surface area contributed by atoms with Gasteiger partial charge < -0.3 is 0 Å². The summed E-state index contributed by atoms with van der Waals surface area (Å²) in [5.74, 6) is -3.00. The highest BCUT2D eigenvalue weighted by molar-refractivity contribution is 5.92.